The zero-order valence-electron chi connectivity index (χ0n) is 16.3. The summed E-state index contributed by atoms with van der Waals surface area (Å²) in [5, 5.41) is 0.605. The molecule has 27 heavy (non-hydrogen) atoms. The maximum Gasteiger partial charge on any atom is 0.257 e. The van der Waals surface area contributed by atoms with Crippen LogP contribution >= 0.6 is 11.8 Å². The predicted molar refractivity (Wildman–Crippen MR) is 109 cm³/mol. The summed E-state index contributed by atoms with van der Waals surface area (Å²) in [4.78, 5) is 31.8. The Hall–Kier alpha value is -2.08. The minimum absolute atomic E-state index is 0.0342. The Bertz CT molecular complexity index is 856. The molecule has 0 unspecified atom stereocenters. The van der Waals surface area contributed by atoms with Crippen molar-refractivity contribution in [3.8, 4) is 0 Å². The number of aromatic nitrogens is 2. The lowest BCUT2D eigenvalue weighted by Crippen LogP contribution is -2.39. The molecule has 0 saturated carbocycles. The normalized spacial score (nSPS) is 15.1. The zero-order chi connectivity index (χ0) is 19.4. The van der Waals surface area contributed by atoms with Gasteiger partial charge in [0.2, 0.25) is 5.91 Å². The highest BCUT2D eigenvalue weighted by Crippen LogP contribution is 2.20. The summed E-state index contributed by atoms with van der Waals surface area (Å²) in [6.07, 6.45) is 2.71. The van der Waals surface area contributed by atoms with Crippen molar-refractivity contribution in [3.05, 3.63) is 57.5 Å². The number of carbonyl (C=O) groups is 1. The van der Waals surface area contributed by atoms with E-state index in [1.165, 1.54) is 11.8 Å². The zero-order valence-corrected chi connectivity index (χ0v) is 17.1. The van der Waals surface area contributed by atoms with Gasteiger partial charge in [0.15, 0.2) is 5.16 Å². The van der Waals surface area contributed by atoms with Crippen LogP contribution in [0.5, 0.6) is 0 Å². The van der Waals surface area contributed by atoms with Crippen molar-refractivity contribution in [2.45, 2.75) is 38.3 Å². The number of hydrogen-bond donors (Lipinski definition) is 0. The maximum absolute atomic E-state index is 12.8. The van der Waals surface area contributed by atoms with E-state index in [1.807, 2.05) is 42.2 Å². The molecule has 1 aromatic heterocycles. The summed E-state index contributed by atoms with van der Waals surface area (Å²) in [6.45, 7) is 5.78. The van der Waals surface area contributed by atoms with Gasteiger partial charge < -0.3 is 4.90 Å². The number of rotatable bonds is 5. The quantitative estimate of drug-likeness (QED) is 0.586. The highest BCUT2D eigenvalue weighted by atomic mass is 32.2. The molecule has 0 aliphatic carbocycles. The van der Waals surface area contributed by atoms with Gasteiger partial charge in [0.1, 0.15) is 0 Å². The van der Waals surface area contributed by atoms with Gasteiger partial charge in [-0.15, -0.1) is 0 Å². The smallest absolute Gasteiger partial charge is 0.257 e. The van der Waals surface area contributed by atoms with Crippen LogP contribution in [0, 0.1) is 12.8 Å². The highest BCUT2D eigenvalue weighted by molar-refractivity contribution is 7.99. The van der Waals surface area contributed by atoms with E-state index in [0.29, 0.717) is 28.8 Å². The summed E-state index contributed by atoms with van der Waals surface area (Å²) in [6, 6.07) is 9.94. The lowest BCUT2D eigenvalue weighted by atomic mass is 9.99. The molecule has 3 rings (SSSR count). The van der Waals surface area contributed by atoms with E-state index in [9.17, 15) is 9.59 Å². The summed E-state index contributed by atoms with van der Waals surface area (Å²) in [5.41, 5.74) is 2.51. The predicted octanol–water partition coefficient (Wildman–Crippen LogP) is 3.03. The van der Waals surface area contributed by atoms with Crippen LogP contribution in [0.2, 0.25) is 0 Å². The van der Waals surface area contributed by atoms with E-state index in [0.717, 1.165) is 37.2 Å². The van der Waals surface area contributed by atoms with E-state index in [1.54, 1.807) is 11.6 Å². The monoisotopic (exact) mass is 385 g/mol. The molecule has 0 N–H and O–H groups in total. The molecule has 0 atom stereocenters. The van der Waals surface area contributed by atoms with Crippen LogP contribution in [0.25, 0.3) is 0 Å². The topological polar surface area (TPSA) is 55.2 Å². The van der Waals surface area contributed by atoms with Crippen LogP contribution in [-0.2, 0) is 18.3 Å². The van der Waals surface area contributed by atoms with Crippen LogP contribution in [0.1, 0.15) is 36.6 Å². The third kappa shape index (κ3) is 4.80. The molecule has 1 amide bonds. The number of aryl methyl sites for hydroxylation is 1. The number of hydrogen-bond acceptors (Lipinski definition) is 4. The standard InChI is InChI=1S/C21H27N3O2S/c1-15-9-11-24(12-10-15)19(25)14-27-21-22-16(2)18(20(26)23(21)3)13-17-7-5-4-6-8-17/h4-8,15H,9-14H2,1-3H3. The number of benzene rings is 1. The molecule has 0 radical (unpaired) electrons. The molecular formula is C21H27N3O2S. The summed E-state index contributed by atoms with van der Waals surface area (Å²) < 4.78 is 1.57. The fraction of sp³-hybridized carbons (Fsp3) is 0.476. The van der Waals surface area contributed by atoms with E-state index in [4.69, 9.17) is 0 Å². The number of piperidine rings is 1. The second-order valence-electron chi connectivity index (χ2n) is 7.34. The molecule has 0 bridgehead atoms. The Morgan fingerprint density at radius 2 is 1.89 bits per heavy atom. The Morgan fingerprint density at radius 3 is 2.56 bits per heavy atom. The summed E-state index contributed by atoms with van der Waals surface area (Å²) >= 11 is 1.35. The molecule has 0 spiro atoms. The fourth-order valence-electron chi connectivity index (χ4n) is 3.34. The maximum atomic E-state index is 12.8. The van der Waals surface area contributed by atoms with Gasteiger partial charge in [0, 0.05) is 37.8 Å². The summed E-state index contributed by atoms with van der Waals surface area (Å²) in [7, 11) is 1.73. The van der Waals surface area contributed by atoms with Gasteiger partial charge in [0.25, 0.3) is 5.56 Å². The number of thioether (sulfide) groups is 1. The lowest BCUT2D eigenvalue weighted by molar-refractivity contribution is -0.129. The van der Waals surface area contributed by atoms with Crippen molar-refractivity contribution in [1.82, 2.24) is 14.5 Å². The third-order valence-corrected chi connectivity index (χ3v) is 6.25. The minimum atomic E-state index is -0.0342. The first kappa shape index (κ1) is 19.7. The van der Waals surface area contributed by atoms with Crippen molar-refractivity contribution in [2.75, 3.05) is 18.8 Å². The van der Waals surface area contributed by atoms with Gasteiger partial charge in [-0.1, -0.05) is 49.0 Å². The number of likely N-dealkylation sites (tertiary alicyclic amines) is 1. The van der Waals surface area contributed by atoms with Crippen LogP contribution in [0.15, 0.2) is 40.3 Å². The Morgan fingerprint density at radius 1 is 1.22 bits per heavy atom. The van der Waals surface area contributed by atoms with E-state index in [2.05, 4.69) is 11.9 Å². The third-order valence-electron chi connectivity index (χ3n) is 5.23. The highest BCUT2D eigenvalue weighted by Gasteiger charge is 2.21. The van der Waals surface area contributed by atoms with Crippen LogP contribution in [0.4, 0.5) is 0 Å². The minimum Gasteiger partial charge on any atom is -0.342 e. The molecular weight excluding hydrogens is 358 g/mol. The van der Waals surface area contributed by atoms with Gasteiger partial charge in [0.05, 0.1) is 5.75 Å². The molecule has 5 nitrogen and oxygen atoms in total. The average Bonchev–Trinajstić information content (AvgIpc) is 2.68. The second kappa shape index (κ2) is 8.74. The van der Waals surface area contributed by atoms with Gasteiger partial charge in [-0.05, 0) is 31.2 Å². The fourth-order valence-corrected chi connectivity index (χ4v) is 4.25. The Kier molecular flexibility index (Phi) is 6.37. The van der Waals surface area contributed by atoms with E-state index >= 15 is 0 Å². The summed E-state index contributed by atoms with van der Waals surface area (Å²) in [5.74, 6) is 1.16. The number of amides is 1. The van der Waals surface area contributed by atoms with Crippen molar-refractivity contribution in [3.63, 3.8) is 0 Å². The van der Waals surface area contributed by atoms with Crippen molar-refractivity contribution < 1.29 is 4.79 Å². The molecule has 1 aliphatic rings. The van der Waals surface area contributed by atoms with Gasteiger partial charge in [-0.3, -0.25) is 14.2 Å². The van der Waals surface area contributed by atoms with Crippen molar-refractivity contribution in [1.29, 1.82) is 0 Å². The van der Waals surface area contributed by atoms with Crippen molar-refractivity contribution in [2.24, 2.45) is 13.0 Å². The molecule has 144 valence electrons. The Labute approximate surface area is 164 Å². The van der Waals surface area contributed by atoms with Crippen LogP contribution in [0.3, 0.4) is 0 Å². The molecule has 1 saturated heterocycles. The van der Waals surface area contributed by atoms with Gasteiger partial charge in [-0.2, -0.15) is 0 Å². The van der Waals surface area contributed by atoms with Crippen molar-refractivity contribution >= 4 is 17.7 Å². The van der Waals surface area contributed by atoms with E-state index in [-0.39, 0.29) is 11.5 Å². The molecule has 6 heteroatoms. The molecule has 1 aromatic carbocycles. The second-order valence-corrected chi connectivity index (χ2v) is 8.28. The first-order valence-corrected chi connectivity index (χ1v) is 10.4. The first-order chi connectivity index (χ1) is 13.0. The first-order valence-electron chi connectivity index (χ1n) is 9.46. The molecule has 1 aliphatic heterocycles. The van der Waals surface area contributed by atoms with E-state index < -0.39 is 0 Å². The molecule has 2 aromatic rings. The van der Waals surface area contributed by atoms with Gasteiger partial charge >= 0.3 is 0 Å². The SMILES string of the molecule is Cc1nc(SCC(=O)N2CCC(C)CC2)n(C)c(=O)c1Cc1ccccc1. The van der Waals surface area contributed by atoms with Crippen LogP contribution < -0.4 is 5.56 Å². The van der Waals surface area contributed by atoms with Gasteiger partial charge in [-0.25, -0.2) is 4.98 Å². The number of nitrogens with zero attached hydrogens (tertiary/aromatic N) is 3. The Balaban J connectivity index is 1.70. The molecule has 2 heterocycles. The lowest BCUT2D eigenvalue weighted by Gasteiger charge is -2.30. The largest absolute Gasteiger partial charge is 0.342 e. The number of carbonyl (C=O) groups excluding carboxylic acids is 1. The van der Waals surface area contributed by atoms with Crippen LogP contribution in [-0.4, -0.2) is 39.2 Å². The molecule has 1 fully saturated rings. The average molecular weight is 386 g/mol.